The van der Waals surface area contributed by atoms with Crippen LogP contribution in [0.15, 0.2) is 29.6 Å². The van der Waals surface area contributed by atoms with Gasteiger partial charge in [0.1, 0.15) is 11.5 Å². The van der Waals surface area contributed by atoms with Crippen LogP contribution in [0.25, 0.3) is 0 Å². The summed E-state index contributed by atoms with van der Waals surface area (Å²) in [5.74, 6) is -0.690. The van der Waals surface area contributed by atoms with Gasteiger partial charge in [0.15, 0.2) is 0 Å². The summed E-state index contributed by atoms with van der Waals surface area (Å²) in [5.41, 5.74) is 1.24. The lowest BCUT2D eigenvalue weighted by molar-refractivity contribution is -0.149. The SMILES string of the molecule is CCOC(=O)C1CCCN(C(=O)c2csc(C3CCN(C(=O)Cc4ccc(F)cc4)CC3)n2)C1. The van der Waals surface area contributed by atoms with Gasteiger partial charge in [-0.15, -0.1) is 11.3 Å². The molecule has 2 aliphatic heterocycles. The lowest BCUT2D eigenvalue weighted by Gasteiger charge is -2.31. The van der Waals surface area contributed by atoms with Crippen molar-refractivity contribution in [3.8, 4) is 0 Å². The zero-order valence-electron chi connectivity index (χ0n) is 19.4. The van der Waals surface area contributed by atoms with E-state index in [4.69, 9.17) is 4.74 Å². The van der Waals surface area contributed by atoms with Crippen LogP contribution in [-0.4, -0.2) is 65.4 Å². The number of thiazole rings is 1. The number of hydrogen-bond acceptors (Lipinski definition) is 6. The Kier molecular flexibility index (Phi) is 7.92. The van der Waals surface area contributed by atoms with Gasteiger partial charge in [-0.2, -0.15) is 0 Å². The van der Waals surface area contributed by atoms with Gasteiger partial charge in [0.25, 0.3) is 5.91 Å². The van der Waals surface area contributed by atoms with Gasteiger partial charge in [-0.3, -0.25) is 14.4 Å². The van der Waals surface area contributed by atoms with E-state index in [-0.39, 0.29) is 41.9 Å². The third kappa shape index (κ3) is 5.81. The van der Waals surface area contributed by atoms with Gasteiger partial charge < -0.3 is 14.5 Å². The zero-order valence-corrected chi connectivity index (χ0v) is 20.2. The molecule has 0 bridgehead atoms. The van der Waals surface area contributed by atoms with Crippen molar-refractivity contribution in [2.24, 2.45) is 5.92 Å². The number of likely N-dealkylation sites (tertiary alicyclic amines) is 2. The van der Waals surface area contributed by atoms with Crippen molar-refractivity contribution in [3.05, 3.63) is 51.7 Å². The van der Waals surface area contributed by atoms with Crippen LogP contribution < -0.4 is 0 Å². The highest BCUT2D eigenvalue weighted by Gasteiger charge is 2.32. The first-order valence-electron chi connectivity index (χ1n) is 11.9. The minimum atomic E-state index is -0.308. The van der Waals surface area contributed by atoms with Crippen molar-refractivity contribution in [3.63, 3.8) is 0 Å². The molecule has 0 saturated carbocycles. The first kappa shape index (κ1) is 24.3. The van der Waals surface area contributed by atoms with Crippen molar-refractivity contribution in [2.45, 2.75) is 44.9 Å². The third-order valence-corrected chi connectivity index (χ3v) is 7.54. The van der Waals surface area contributed by atoms with E-state index in [1.165, 1.54) is 23.5 Å². The van der Waals surface area contributed by atoms with Crippen molar-refractivity contribution in [1.29, 1.82) is 0 Å². The van der Waals surface area contributed by atoms with Crippen LogP contribution in [0.1, 0.15) is 59.6 Å². The molecule has 2 amide bonds. The Balaban J connectivity index is 1.29. The number of aromatic nitrogens is 1. The third-order valence-electron chi connectivity index (χ3n) is 6.54. The van der Waals surface area contributed by atoms with Crippen molar-refractivity contribution < 1.29 is 23.5 Å². The Bertz CT molecular complexity index is 1020. The highest BCUT2D eigenvalue weighted by Crippen LogP contribution is 2.31. The van der Waals surface area contributed by atoms with E-state index in [0.29, 0.717) is 38.5 Å². The standard InChI is InChI=1S/C25H30FN3O4S/c1-2-33-25(32)19-4-3-11-29(15-19)24(31)21-16-34-23(27-21)18-9-12-28(13-10-18)22(30)14-17-5-7-20(26)8-6-17/h5-8,16,18-19H,2-4,9-15H2,1H3. The summed E-state index contributed by atoms with van der Waals surface area (Å²) in [5, 5.41) is 2.73. The Morgan fingerprint density at radius 1 is 1.09 bits per heavy atom. The molecule has 3 heterocycles. The van der Waals surface area contributed by atoms with Crippen LogP contribution in [0.4, 0.5) is 4.39 Å². The number of esters is 1. The predicted molar refractivity (Wildman–Crippen MR) is 126 cm³/mol. The number of piperidine rings is 2. The molecule has 1 aromatic carbocycles. The Hall–Kier alpha value is -2.81. The van der Waals surface area contributed by atoms with Crippen LogP contribution in [0, 0.1) is 11.7 Å². The number of nitrogens with zero attached hydrogens (tertiary/aromatic N) is 3. The summed E-state index contributed by atoms with van der Waals surface area (Å²) < 4.78 is 18.2. The molecule has 0 radical (unpaired) electrons. The highest BCUT2D eigenvalue weighted by atomic mass is 32.1. The molecule has 0 aliphatic carbocycles. The summed E-state index contributed by atoms with van der Waals surface area (Å²) >= 11 is 1.49. The minimum Gasteiger partial charge on any atom is -0.466 e. The van der Waals surface area contributed by atoms with Crippen molar-refractivity contribution in [1.82, 2.24) is 14.8 Å². The van der Waals surface area contributed by atoms with Crippen LogP contribution in [0.2, 0.25) is 0 Å². The Morgan fingerprint density at radius 3 is 2.53 bits per heavy atom. The number of benzene rings is 1. The van der Waals surface area contributed by atoms with Gasteiger partial charge in [-0.05, 0) is 50.3 Å². The number of ether oxygens (including phenoxy) is 1. The summed E-state index contributed by atoms with van der Waals surface area (Å²) in [6.45, 7) is 4.40. The summed E-state index contributed by atoms with van der Waals surface area (Å²) in [6, 6.07) is 6.03. The van der Waals surface area contributed by atoms with E-state index in [1.807, 2.05) is 4.90 Å². The first-order valence-corrected chi connectivity index (χ1v) is 12.8. The van der Waals surface area contributed by atoms with Gasteiger partial charge in [0, 0.05) is 37.5 Å². The average molecular weight is 488 g/mol. The van der Waals surface area contributed by atoms with Crippen LogP contribution >= 0.6 is 11.3 Å². The molecule has 7 nitrogen and oxygen atoms in total. The van der Waals surface area contributed by atoms with Gasteiger partial charge >= 0.3 is 5.97 Å². The van der Waals surface area contributed by atoms with E-state index in [9.17, 15) is 18.8 Å². The van der Waals surface area contributed by atoms with Crippen LogP contribution in [-0.2, 0) is 20.7 Å². The fraction of sp³-hybridized carbons (Fsp3) is 0.520. The number of carbonyl (C=O) groups excluding carboxylic acids is 3. The second-order valence-corrected chi connectivity index (χ2v) is 9.76. The van der Waals surface area contributed by atoms with Crippen molar-refractivity contribution in [2.75, 3.05) is 32.8 Å². The maximum absolute atomic E-state index is 13.1. The van der Waals surface area contributed by atoms with E-state index >= 15 is 0 Å². The van der Waals surface area contributed by atoms with Gasteiger partial charge in [0.2, 0.25) is 5.91 Å². The fourth-order valence-electron chi connectivity index (χ4n) is 4.61. The summed E-state index contributed by atoms with van der Waals surface area (Å²) in [6.07, 6.45) is 3.37. The molecule has 2 aliphatic rings. The number of carbonyl (C=O) groups is 3. The van der Waals surface area contributed by atoms with E-state index in [2.05, 4.69) is 4.98 Å². The molecule has 9 heteroatoms. The van der Waals surface area contributed by atoms with Crippen LogP contribution in [0.5, 0.6) is 0 Å². The van der Waals surface area contributed by atoms with Gasteiger partial charge in [-0.1, -0.05) is 12.1 Å². The predicted octanol–water partition coefficient (Wildman–Crippen LogP) is 3.65. The molecule has 2 saturated heterocycles. The molecular weight excluding hydrogens is 457 g/mol. The van der Waals surface area contributed by atoms with E-state index in [0.717, 1.165) is 36.3 Å². The van der Waals surface area contributed by atoms with E-state index < -0.39 is 0 Å². The maximum atomic E-state index is 13.1. The second kappa shape index (κ2) is 11.1. The molecule has 1 unspecified atom stereocenters. The quantitative estimate of drug-likeness (QED) is 0.581. The first-order chi connectivity index (χ1) is 16.4. The lowest BCUT2D eigenvalue weighted by Crippen LogP contribution is -2.43. The number of hydrogen-bond donors (Lipinski definition) is 0. The molecule has 0 spiro atoms. The van der Waals surface area contributed by atoms with Gasteiger partial charge in [0.05, 0.1) is 24.0 Å². The highest BCUT2D eigenvalue weighted by molar-refractivity contribution is 7.09. The maximum Gasteiger partial charge on any atom is 0.310 e. The van der Waals surface area contributed by atoms with Crippen molar-refractivity contribution >= 4 is 29.1 Å². The summed E-state index contributed by atoms with van der Waals surface area (Å²) in [4.78, 5) is 45.9. The molecule has 182 valence electrons. The molecule has 1 aromatic heterocycles. The fourth-order valence-corrected chi connectivity index (χ4v) is 5.58. The lowest BCUT2D eigenvalue weighted by atomic mass is 9.97. The summed E-state index contributed by atoms with van der Waals surface area (Å²) in [7, 11) is 0. The monoisotopic (exact) mass is 487 g/mol. The second-order valence-electron chi connectivity index (χ2n) is 8.87. The van der Waals surface area contributed by atoms with Gasteiger partial charge in [-0.25, -0.2) is 9.37 Å². The number of rotatable bonds is 6. The average Bonchev–Trinajstić information content (AvgIpc) is 3.36. The minimum absolute atomic E-state index is 0.0429. The topological polar surface area (TPSA) is 79.8 Å². The molecule has 0 N–H and O–H groups in total. The molecule has 2 aromatic rings. The molecule has 2 fully saturated rings. The van der Waals surface area contributed by atoms with Crippen LogP contribution in [0.3, 0.4) is 0 Å². The largest absolute Gasteiger partial charge is 0.466 e. The molecule has 4 rings (SSSR count). The Labute approximate surface area is 202 Å². The Morgan fingerprint density at radius 2 is 1.82 bits per heavy atom. The smallest absolute Gasteiger partial charge is 0.310 e. The number of halogens is 1. The normalized spacial score (nSPS) is 19.2. The molecular formula is C25H30FN3O4S. The molecule has 1 atom stereocenters. The molecule has 34 heavy (non-hydrogen) atoms. The van der Waals surface area contributed by atoms with E-state index in [1.54, 1.807) is 29.3 Å². The zero-order chi connectivity index (χ0) is 24.1. The number of amides is 2.